The Labute approximate surface area is 124 Å². The molecular formula is C12H13ClN2O4S. The second-order valence-electron chi connectivity index (χ2n) is 4.62. The topological polar surface area (TPSA) is 86.3 Å². The molecule has 20 heavy (non-hydrogen) atoms. The SMILES string of the molecule is O=[N+]([O-])c1ccc(SC2CCCC[C@H]2Cl)c([N+](=O)[O-])c1. The quantitative estimate of drug-likeness (QED) is 0.473. The molecule has 1 aliphatic rings. The van der Waals surface area contributed by atoms with Gasteiger partial charge in [-0.2, -0.15) is 0 Å². The van der Waals surface area contributed by atoms with Gasteiger partial charge < -0.3 is 0 Å². The summed E-state index contributed by atoms with van der Waals surface area (Å²) in [5, 5.41) is 21.8. The number of rotatable bonds is 4. The van der Waals surface area contributed by atoms with Crippen LogP contribution in [0.15, 0.2) is 23.1 Å². The van der Waals surface area contributed by atoms with E-state index in [-0.39, 0.29) is 22.0 Å². The highest BCUT2D eigenvalue weighted by molar-refractivity contribution is 8.00. The minimum absolute atomic E-state index is 0.0106. The van der Waals surface area contributed by atoms with Crippen molar-refractivity contribution in [2.45, 2.75) is 41.2 Å². The van der Waals surface area contributed by atoms with E-state index >= 15 is 0 Å². The van der Waals surface area contributed by atoms with Crippen LogP contribution in [0.1, 0.15) is 25.7 Å². The maximum atomic E-state index is 11.1. The first-order valence-corrected chi connectivity index (χ1v) is 7.54. The van der Waals surface area contributed by atoms with E-state index in [0.717, 1.165) is 31.7 Å². The van der Waals surface area contributed by atoms with Gasteiger partial charge >= 0.3 is 0 Å². The van der Waals surface area contributed by atoms with Gasteiger partial charge in [-0.25, -0.2) is 0 Å². The molecule has 6 nitrogen and oxygen atoms in total. The van der Waals surface area contributed by atoms with Gasteiger partial charge in [-0.15, -0.1) is 23.4 Å². The summed E-state index contributed by atoms with van der Waals surface area (Å²) in [5.41, 5.74) is -0.495. The molecular weight excluding hydrogens is 304 g/mol. The predicted molar refractivity (Wildman–Crippen MR) is 77.5 cm³/mol. The third kappa shape index (κ3) is 3.40. The van der Waals surface area contributed by atoms with Crippen LogP contribution in [0.25, 0.3) is 0 Å². The van der Waals surface area contributed by atoms with Crippen LogP contribution in [0.5, 0.6) is 0 Å². The molecule has 0 radical (unpaired) electrons. The molecule has 2 rings (SSSR count). The zero-order chi connectivity index (χ0) is 14.7. The predicted octanol–water partition coefficient (Wildman–Crippen LogP) is 4.15. The van der Waals surface area contributed by atoms with Crippen molar-refractivity contribution in [2.75, 3.05) is 0 Å². The van der Waals surface area contributed by atoms with Gasteiger partial charge in [0.2, 0.25) is 0 Å². The van der Waals surface area contributed by atoms with Gasteiger partial charge in [0.15, 0.2) is 0 Å². The highest BCUT2D eigenvalue weighted by Gasteiger charge is 2.28. The number of benzene rings is 1. The first-order chi connectivity index (χ1) is 9.49. The number of non-ortho nitro benzene ring substituents is 1. The van der Waals surface area contributed by atoms with Crippen LogP contribution < -0.4 is 0 Å². The Kier molecular flexibility index (Phi) is 4.82. The monoisotopic (exact) mass is 316 g/mol. The highest BCUT2D eigenvalue weighted by atomic mass is 35.5. The lowest BCUT2D eigenvalue weighted by molar-refractivity contribution is -0.396. The first kappa shape index (κ1) is 15.1. The second-order valence-corrected chi connectivity index (χ2v) is 6.46. The van der Waals surface area contributed by atoms with Crippen LogP contribution in [-0.2, 0) is 0 Å². The number of halogens is 1. The van der Waals surface area contributed by atoms with E-state index in [1.807, 2.05) is 0 Å². The average molecular weight is 317 g/mol. The summed E-state index contributed by atoms with van der Waals surface area (Å²) >= 11 is 7.60. The minimum atomic E-state index is -0.633. The normalized spacial score (nSPS) is 22.4. The van der Waals surface area contributed by atoms with Crippen LogP contribution in [0.4, 0.5) is 11.4 Å². The van der Waals surface area contributed by atoms with E-state index in [0.29, 0.717) is 4.90 Å². The van der Waals surface area contributed by atoms with Crippen LogP contribution in [-0.4, -0.2) is 20.5 Å². The van der Waals surface area contributed by atoms with Crippen molar-refractivity contribution in [3.63, 3.8) is 0 Å². The van der Waals surface area contributed by atoms with Crippen molar-refractivity contribution in [3.05, 3.63) is 38.4 Å². The van der Waals surface area contributed by atoms with Gasteiger partial charge in [0.1, 0.15) is 0 Å². The van der Waals surface area contributed by atoms with Crippen molar-refractivity contribution in [1.82, 2.24) is 0 Å². The van der Waals surface area contributed by atoms with Crippen LogP contribution in [0.2, 0.25) is 0 Å². The van der Waals surface area contributed by atoms with Crippen molar-refractivity contribution in [3.8, 4) is 0 Å². The zero-order valence-electron chi connectivity index (χ0n) is 10.5. The molecule has 0 aromatic heterocycles. The molecule has 1 saturated carbocycles. The number of alkyl halides is 1. The molecule has 1 fully saturated rings. The Bertz CT molecular complexity index is 540. The summed E-state index contributed by atoms with van der Waals surface area (Å²) in [6.45, 7) is 0. The fraction of sp³-hybridized carbons (Fsp3) is 0.500. The van der Waals surface area contributed by atoms with Gasteiger partial charge in [0, 0.05) is 16.7 Å². The molecule has 1 unspecified atom stereocenters. The number of hydrogen-bond donors (Lipinski definition) is 0. The van der Waals surface area contributed by atoms with Crippen molar-refractivity contribution < 1.29 is 9.85 Å². The smallest absolute Gasteiger partial charge is 0.258 e. The Hall–Kier alpha value is -1.34. The van der Waals surface area contributed by atoms with Gasteiger partial charge in [-0.1, -0.05) is 12.8 Å². The van der Waals surface area contributed by atoms with Crippen LogP contribution >= 0.6 is 23.4 Å². The van der Waals surface area contributed by atoms with Crippen LogP contribution in [0.3, 0.4) is 0 Å². The number of thioether (sulfide) groups is 1. The van der Waals surface area contributed by atoms with Gasteiger partial charge in [0.05, 0.1) is 20.8 Å². The van der Waals surface area contributed by atoms with Crippen molar-refractivity contribution in [2.24, 2.45) is 0 Å². The summed E-state index contributed by atoms with van der Waals surface area (Å²) < 4.78 is 0. The highest BCUT2D eigenvalue weighted by Crippen LogP contribution is 2.41. The third-order valence-electron chi connectivity index (χ3n) is 3.25. The van der Waals surface area contributed by atoms with Gasteiger partial charge in [-0.05, 0) is 18.9 Å². The molecule has 8 heteroatoms. The lowest BCUT2D eigenvalue weighted by Gasteiger charge is -2.26. The zero-order valence-corrected chi connectivity index (χ0v) is 12.1. The molecule has 1 aromatic rings. The molecule has 0 amide bonds. The molecule has 0 heterocycles. The molecule has 108 valence electrons. The van der Waals surface area contributed by atoms with E-state index in [1.54, 1.807) is 0 Å². The summed E-state index contributed by atoms with van der Waals surface area (Å²) in [6.07, 6.45) is 3.95. The Morgan fingerprint density at radius 1 is 1.15 bits per heavy atom. The van der Waals surface area contributed by atoms with E-state index < -0.39 is 9.85 Å². The first-order valence-electron chi connectivity index (χ1n) is 6.22. The van der Waals surface area contributed by atoms with Crippen LogP contribution in [0, 0.1) is 20.2 Å². The van der Waals surface area contributed by atoms with Gasteiger partial charge in [0.25, 0.3) is 11.4 Å². The lowest BCUT2D eigenvalue weighted by Crippen LogP contribution is -2.22. The van der Waals surface area contributed by atoms with Crippen molar-refractivity contribution >= 4 is 34.7 Å². The molecule has 0 aliphatic heterocycles. The summed E-state index contributed by atoms with van der Waals surface area (Å²) in [5.74, 6) is 0. The molecule has 0 N–H and O–H groups in total. The Morgan fingerprint density at radius 2 is 1.85 bits per heavy atom. The Morgan fingerprint density at radius 3 is 2.45 bits per heavy atom. The fourth-order valence-corrected chi connectivity index (χ4v) is 3.94. The standard InChI is InChI=1S/C12H13ClN2O4S/c13-9-3-1-2-4-11(9)20-12-6-5-8(14(16)17)7-10(12)15(18)19/h5-7,9,11H,1-4H2/t9-,11?/m1/s1. The van der Waals surface area contributed by atoms with E-state index in [9.17, 15) is 20.2 Å². The van der Waals surface area contributed by atoms with Crippen molar-refractivity contribution in [1.29, 1.82) is 0 Å². The maximum Gasteiger partial charge on any atom is 0.289 e. The average Bonchev–Trinajstić information content (AvgIpc) is 2.41. The summed E-state index contributed by atoms with van der Waals surface area (Å²) in [4.78, 5) is 21.0. The molecule has 0 bridgehead atoms. The number of nitrogens with zero attached hydrogens (tertiary/aromatic N) is 2. The van der Waals surface area contributed by atoms with E-state index in [2.05, 4.69) is 0 Å². The maximum absolute atomic E-state index is 11.1. The minimum Gasteiger partial charge on any atom is -0.258 e. The summed E-state index contributed by atoms with van der Waals surface area (Å²) in [6, 6.07) is 3.74. The number of nitro groups is 2. The van der Waals surface area contributed by atoms with E-state index in [4.69, 9.17) is 11.6 Å². The van der Waals surface area contributed by atoms with E-state index in [1.165, 1.54) is 23.9 Å². The third-order valence-corrected chi connectivity index (χ3v) is 5.39. The lowest BCUT2D eigenvalue weighted by atomic mass is 10.00. The number of nitro benzene ring substituents is 2. The molecule has 0 spiro atoms. The summed E-state index contributed by atoms with van der Waals surface area (Å²) in [7, 11) is 0. The molecule has 1 aliphatic carbocycles. The fourth-order valence-electron chi connectivity index (χ4n) is 2.21. The second kappa shape index (κ2) is 6.41. The van der Waals surface area contributed by atoms with Gasteiger partial charge in [-0.3, -0.25) is 20.2 Å². The molecule has 0 saturated heterocycles. The number of hydrogen-bond acceptors (Lipinski definition) is 5. The largest absolute Gasteiger partial charge is 0.289 e. The molecule has 2 atom stereocenters. The Balaban J connectivity index is 2.26. The molecule has 1 aromatic carbocycles.